The van der Waals surface area contributed by atoms with E-state index < -0.39 is 0 Å². The Balaban J connectivity index is 2.08. The number of hydrogen-bond acceptors (Lipinski definition) is 3. The van der Waals surface area contributed by atoms with Crippen molar-refractivity contribution in [2.45, 2.75) is 0 Å². The Kier molecular flexibility index (Phi) is 2.94. The summed E-state index contributed by atoms with van der Waals surface area (Å²) in [6.45, 7) is 0. The summed E-state index contributed by atoms with van der Waals surface area (Å²) in [6, 6.07) is 15.5. The zero-order chi connectivity index (χ0) is 12.4. The van der Waals surface area contributed by atoms with E-state index in [-0.39, 0.29) is 0 Å². The van der Waals surface area contributed by atoms with Crippen LogP contribution in [0.1, 0.15) is 0 Å². The summed E-state index contributed by atoms with van der Waals surface area (Å²) >= 11 is 3.44. The predicted octanol–water partition coefficient (Wildman–Crippen LogP) is 4.18. The lowest BCUT2D eigenvalue weighted by molar-refractivity contribution is 0.459. The molecule has 3 aromatic rings. The Morgan fingerprint density at radius 2 is 1.72 bits per heavy atom. The van der Waals surface area contributed by atoms with E-state index in [0.29, 0.717) is 5.88 Å². The lowest BCUT2D eigenvalue weighted by Crippen LogP contribution is -1.92. The quantitative estimate of drug-likeness (QED) is 0.712. The Bertz CT molecular complexity index is 695. The van der Waals surface area contributed by atoms with Gasteiger partial charge in [-0.25, -0.2) is 0 Å². The minimum atomic E-state index is 0.514. The second kappa shape index (κ2) is 4.74. The fraction of sp³-hybridized carbons (Fsp3) is 0. The monoisotopic (exact) mass is 300 g/mol. The number of hydrogen-bond donors (Lipinski definition) is 0. The Morgan fingerprint density at radius 1 is 0.944 bits per heavy atom. The summed E-state index contributed by atoms with van der Waals surface area (Å²) in [5, 5.41) is 9.95. The topological polar surface area (TPSA) is 35.0 Å². The van der Waals surface area contributed by atoms with Gasteiger partial charge in [0.1, 0.15) is 5.75 Å². The number of aromatic nitrogens is 2. The van der Waals surface area contributed by atoms with Crippen molar-refractivity contribution in [2.24, 2.45) is 0 Å². The molecule has 0 aliphatic carbocycles. The van der Waals surface area contributed by atoms with E-state index in [2.05, 4.69) is 26.1 Å². The van der Waals surface area contributed by atoms with Gasteiger partial charge in [-0.3, -0.25) is 0 Å². The van der Waals surface area contributed by atoms with Crippen LogP contribution in [0.3, 0.4) is 0 Å². The number of ether oxygens (including phenoxy) is 1. The van der Waals surface area contributed by atoms with Crippen LogP contribution in [0.15, 0.2) is 59.2 Å². The number of halogens is 1. The number of para-hydroxylation sites is 1. The van der Waals surface area contributed by atoms with E-state index in [9.17, 15) is 0 Å². The average Bonchev–Trinajstić information content (AvgIpc) is 2.42. The maximum Gasteiger partial charge on any atom is 0.246 e. The van der Waals surface area contributed by atoms with Crippen LogP contribution in [-0.2, 0) is 0 Å². The van der Waals surface area contributed by atoms with Crippen molar-refractivity contribution in [2.75, 3.05) is 0 Å². The zero-order valence-corrected chi connectivity index (χ0v) is 11.0. The summed E-state index contributed by atoms with van der Waals surface area (Å²) in [6.07, 6.45) is 1.72. The fourth-order valence-corrected chi connectivity index (χ4v) is 2.07. The Hall–Kier alpha value is -1.94. The second-order valence-electron chi connectivity index (χ2n) is 3.77. The first kappa shape index (κ1) is 11.2. The third-order valence-electron chi connectivity index (χ3n) is 2.58. The molecule has 18 heavy (non-hydrogen) atoms. The Morgan fingerprint density at radius 3 is 2.61 bits per heavy atom. The molecule has 0 N–H and O–H groups in total. The fourth-order valence-electron chi connectivity index (χ4n) is 1.71. The van der Waals surface area contributed by atoms with Gasteiger partial charge in [0.25, 0.3) is 0 Å². The van der Waals surface area contributed by atoms with Gasteiger partial charge in [-0.05, 0) is 34.1 Å². The molecular weight excluding hydrogens is 292 g/mol. The van der Waals surface area contributed by atoms with Crippen LogP contribution in [0.4, 0.5) is 0 Å². The molecule has 1 aromatic heterocycles. The molecule has 0 saturated carbocycles. The van der Waals surface area contributed by atoms with Crippen LogP contribution in [-0.4, -0.2) is 10.2 Å². The minimum Gasteiger partial charge on any atom is -0.436 e. The highest BCUT2D eigenvalue weighted by Gasteiger charge is 2.07. The van der Waals surface area contributed by atoms with Crippen molar-refractivity contribution in [1.29, 1.82) is 0 Å². The molecule has 0 aliphatic rings. The molecule has 0 bridgehead atoms. The number of nitrogens with zero attached hydrogens (tertiary/aromatic N) is 2. The van der Waals surface area contributed by atoms with Crippen LogP contribution >= 0.6 is 15.9 Å². The number of rotatable bonds is 2. The predicted molar refractivity (Wildman–Crippen MR) is 73.8 cm³/mol. The molecule has 0 aliphatic heterocycles. The van der Waals surface area contributed by atoms with E-state index in [4.69, 9.17) is 4.74 Å². The molecule has 0 radical (unpaired) electrons. The van der Waals surface area contributed by atoms with Gasteiger partial charge in [0.15, 0.2) is 0 Å². The largest absolute Gasteiger partial charge is 0.436 e. The SMILES string of the molecule is Brc1ccccc1Oc1nncc2ccccc12. The molecule has 0 spiro atoms. The molecular formula is C14H9BrN2O. The molecule has 0 atom stereocenters. The van der Waals surface area contributed by atoms with E-state index in [0.717, 1.165) is 21.0 Å². The van der Waals surface area contributed by atoms with Crippen molar-refractivity contribution in [3.63, 3.8) is 0 Å². The molecule has 0 saturated heterocycles. The highest BCUT2D eigenvalue weighted by Crippen LogP contribution is 2.31. The summed E-state index contributed by atoms with van der Waals surface area (Å²) < 4.78 is 6.69. The second-order valence-corrected chi connectivity index (χ2v) is 4.62. The van der Waals surface area contributed by atoms with Gasteiger partial charge in [0.2, 0.25) is 5.88 Å². The van der Waals surface area contributed by atoms with E-state index in [1.165, 1.54) is 0 Å². The Labute approximate surface area is 113 Å². The summed E-state index contributed by atoms with van der Waals surface area (Å²) in [7, 11) is 0. The first-order valence-electron chi connectivity index (χ1n) is 5.47. The van der Waals surface area contributed by atoms with Crippen molar-refractivity contribution >= 4 is 26.7 Å². The van der Waals surface area contributed by atoms with Crippen LogP contribution in [0.5, 0.6) is 11.6 Å². The molecule has 1 heterocycles. The average molecular weight is 301 g/mol. The van der Waals surface area contributed by atoms with Crippen LogP contribution in [0, 0.1) is 0 Å². The van der Waals surface area contributed by atoms with Gasteiger partial charge in [-0.1, -0.05) is 30.3 Å². The standard InChI is InChI=1S/C14H9BrN2O/c15-12-7-3-4-8-13(12)18-14-11-6-2-1-5-10(11)9-16-17-14/h1-9H. The molecule has 0 unspecified atom stereocenters. The van der Waals surface area contributed by atoms with E-state index in [1.54, 1.807) is 6.20 Å². The van der Waals surface area contributed by atoms with Crippen molar-refractivity contribution in [3.05, 3.63) is 59.2 Å². The van der Waals surface area contributed by atoms with Gasteiger partial charge in [0.05, 0.1) is 10.7 Å². The van der Waals surface area contributed by atoms with E-state index >= 15 is 0 Å². The van der Waals surface area contributed by atoms with Gasteiger partial charge in [-0.15, -0.1) is 5.10 Å². The molecule has 0 amide bonds. The smallest absolute Gasteiger partial charge is 0.246 e. The highest BCUT2D eigenvalue weighted by atomic mass is 79.9. The number of benzene rings is 2. The van der Waals surface area contributed by atoms with Gasteiger partial charge in [-0.2, -0.15) is 5.10 Å². The van der Waals surface area contributed by atoms with Crippen molar-refractivity contribution in [3.8, 4) is 11.6 Å². The maximum atomic E-state index is 5.80. The van der Waals surface area contributed by atoms with Crippen LogP contribution in [0.2, 0.25) is 0 Å². The van der Waals surface area contributed by atoms with Gasteiger partial charge >= 0.3 is 0 Å². The molecule has 2 aromatic carbocycles. The molecule has 3 nitrogen and oxygen atoms in total. The van der Waals surface area contributed by atoms with Crippen molar-refractivity contribution < 1.29 is 4.74 Å². The van der Waals surface area contributed by atoms with Crippen LogP contribution in [0.25, 0.3) is 10.8 Å². The minimum absolute atomic E-state index is 0.514. The summed E-state index contributed by atoms with van der Waals surface area (Å²) in [5.41, 5.74) is 0. The molecule has 0 fully saturated rings. The lowest BCUT2D eigenvalue weighted by Gasteiger charge is -2.07. The van der Waals surface area contributed by atoms with Gasteiger partial charge in [0, 0.05) is 10.8 Å². The van der Waals surface area contributed by atoms with Gasteiger partial charge < -0.3 is 4.74 Å². The van der Waals surface area contributed by atoms with E-state index in [1.807, 2.05) is 48.5 Å². The first-order chi connectivity index (χ1) is 8.84. The van der Waals surface area contributed by atoms with Crippen molar-refractivity contribution in [1.82, 2.24) is 10.2 Å². The third-order valence-corrected chi connectivity index (χ3v) is 3.23. The summed E-state index contributed by atoms with van der Waals surface area (Å²) in [5.74, 6) is 1.24. The lowest BCUT2D eigenvalue weighted by atomic mass is 10.2. The maximum absolute atomic E-state index is 5.80. The normalized spacial score (nSPS) is 10.5. The zero-order valence-electron chi connectivity index (χ0n) is 9.38. The van der Waals surface area contributed by atoms with Crippen LogP contribution < -0.4 is 4.74 Å². The first-order valence-corrected chi connectivity index (χ1v) is 6.27. The molecule has 3 rings (SSSR count). The number of fused-ring (bicyclic) bond motifs is 1. The molecule has 4 heteroatoms. The third kappa shape index (κ3) is 2.07. The highest BCUT2D eigenvalue weighted by molar-refractivity contribution is 9.10. The molecule has 88 valence electrons. The summed E-state index contributed by atoms with van der Waals surface area (Å²) in [4.78, 5) is 0.